The van der Waals surface area contributed by atoms with Gasteiger partial charge in [0, 0.05) is 29.2 Å². The van der Waals surface area contributed by atoms with Crippen molar-refractivity contribution in [1.82, 2.24) is 20.2 Å². The lowest BCUT2D eigenvalue weighted by molar-refractivity contribution is 0.0404. The van der Waals surface area contributed by atoms with Crippen LogP contribution >= 0.6 is 11.6 Å². The average Bonchev–Trinajstić information content (AvgIpc) is 3.45. The third-order valence-electron chi connectivity index (χ3n) is 5.57. The molecule has 1 fully saturated rings. The van der Waals surface area contributed by atoms with Gasteiger partial charge in [-0.05, 0) is 61.7 Å². The van der Waals surface area contributed by atoms with Crippen molar-refractivity contribution < 1.29 is 18.7 Å². The minimum absolute atomic E-state index is 0.0119. The first-order valence-corrected chi connectivity index (χ1v) is 10.8. The lowest BCUT2D eigenvalue weighted by atomic mass is 10.0. The molecule has 32 heavy (non-hydrogen) atoms. The summed E-state index contributed by atoms with van der Waals surface area (Å²) in [5.41, 5.74) is 3.08. The Morgan fingerprint density at radius 3 is 2.75 bits per heavy atom. The molecule has 3 aromatic rings. The van der Waals surface area contributed by atoms with E-state index in [9.17, 15) is 14.0 Å². The Morgan fingerprint density at radius 1 is 1.25 bits per heavy atom. The van der Waals surface area contributed by atoms with Crippen LogP contribution in [0.2, 0.25) is 5.02 Å². The maximum atomic E-state index is 12.9. The first-order chi connectivity index (χ1) is 15.5. The van der Waals surface area contributed by atoms with E-state index < -0.39 is 12.9 Å². The summed E-state index contributed by atoms with van der Waals surface area (Å²) in [4.78, 5) is 35.0. The molecule has 9 heteroatoms. The minimum atomic E-state index is -0.981. The van der Waals surface area contributed by atoms with E-state index >= 15 is 0 Å². The summed E-state index contributed by atoms with van der Waals surface area (Å²) in [5.74, 6) is 0.0444. The molecule has 1 unspecified atom stereocenters. The molecule has 1 aliphatic heterocycles. The number of H-pyrrole nitrogens is 1. The number of alkyl halides is 1. The summed E-state index contributed by atoms with van der Waals surface area (Å²) in [6.07, 6.45) is 2.03. The normalized spacial score (nSPS) is 14.7. The van der Waals surface area contributed by atoms with Gasteiger partial charge in [-0.2, -0.15) is 0 Å². The van der Waals surface area contributed by atoms with Crippen LogP contribution in [0.4, 0.5) is 4.39 Å². The van der Waals surface area contributed by atoms with Gasteiger partial charge in [0.05, 0.1) is 17.6 Å². The molecule has 2 heterocycles. The van der Waals surface area contributed by atoms with Gasteiger partial charge in [0.1, 0.15) is 11.9 Å². The molecule has 0 saturated carbocycles. The Morgan fingerprint density at radius 2 is 2.03 bits per heavy atom. The third kappa shape index (κ3) is 4.76. The Bertz CT molecular complexity index is 1140. The Hall–Kier alpha value is -2.97. The number of fused-ring (bicyclic) bond motifs is 1. The summed E-state index contributed by atoms with van der Waals surface area (Å²) in [7, 11) is 0. The maximum Gasteiger partial charge on any atom is 0.254 e. The molecule has 1 saturated heterocycles. The number of benzene rings is 2. The van der Waals surface area contributed by atoms with E-state index in [-0.39, 0.29) is 18.4 Å². The highest BCUT2D eigenvalue weighted by molar-refractivity contribution is 6.31. The average molecular weight is 459 g/mol. The van der Waals surface area contributed by atoms with Crippen LogP contribution in [-0.2, 0) is 4.74 Å². The van der Waals surface area contributed by atoms with Crippen molar-refractivity contribution in [3.05, 3.63) is 63.9 Å². The van der Waals surface area contributed by atoms with E-state index in [1.54, 1.807) is 36.4 Å². The number of halogens is 2. The van der Waals surface area contributed by atoms with E-state index in [1.165, 1.54) is 0 Å². The molecular weight excluding hydrogens is 435 g/mol. The van der Waals surface area contributed by atoms with E-state index in [0.29, 0.717) is 33.0 Å². The fraction of sp³-hybridized carbons (Fsp3) is 0.348. The number of nitrogens with zero attached hydrogens (tertiary/aromatic N) is 2. The molecule has 0 spiro atoms. The highest BCUT2D eigenvalue weighted by Crippen LogP contribution is 2.22. The number of likely N-dealkylation sites (tertiary alicyclic amines) is 1. The van der Waals surface area contributed by atoms with Crippen molar-refractivity contribution >= 4 is 34.4 Å². The van der Waals surface area contributed by atoms with Gasteiger partial charge in [-0.1, -0.05) is 11.6 Å². The Balaban J connectivity index is 1.53. The van der Waals surface area contributed by atoms with Gasteiger partial charge in [-0.3, -0.25) is 9.59 Å². The molecule has 2 aromatic carbocycles. The molecule has 7 nitrogen and oxygen atoms in total. The number of aromatic nitrogens is 2. The van der Waals surface area contributed by atoms with Gasteiger partial charge >= 0.3 is 0 Å². The van der Waals surface area contributed by atoms with Crippen molar-refractivity contribution in [1.29, 1.82) is 0 Å². The number of carbonyl (C=O) groups is 2. The molecule has 1 aromatic heterocycles. The van der Waals surface area contributed by atoms with Crippen LogP contribution < -0.4 is 5.32 Å². The quantitative estimate of drug-likeness (QED) is 0.556. The Kier molecular flexibility index (Phi) is 6.72. The molecule has 1 atom stereocenters. The van der Waals surface area contributed by atoms with E-state index in [4.69, 9.17) is 16.3 Å². The number of rotatable bonds is 7. The standard InChI is InChI=1S/C23H24ClFN4O3/c1-14-10-15(4-6-17(14)23(31)29-8-2-3-9-29)22(30)28-20(12-32-13-25)21-26-18-7-5-16(24)11-19(18)27-21/h4-7,10-11,20H,2-3,8-9,12-13H2,1H3,(H,26,27)(H,28,30). The van der Waals surface area contributed by atoms with Crippen LogP contribution in [0.3, 0.4) is 0 Å². The zero-order valence-electron chi connectivity index (χ0n) is 17.7. The van der Waals surface area contributed by atoms with Gasteiger partial charge in [-0.15, -0.1) is 0 Å². The minimum Gasteiger partial charge on any atom is -0.348 e. The second kappa shape index (κ2) is 9.67. The number of hydrogen-bond acceptors (Lipinski definition) is 4. The summed E-state index contributed by atoms with van der Waals surface area (Å²) in [6.45, 7) is 2.26. The van der Waals surface area contributed by atoms with Crippen molar-refractivity contribution in [3.63, 3.8) is 0 Å². The molecule has 2 N–H and O–H groups in total. The van der Waals surface area contributed by atoms with Crippen LogP contribution in [0.15, 0.2) is 36.4 Å². The number of carbonyl (C=O) groups excluding carboxylic acids is 2. The molecule has 0 bridgehead atoms. The van der Waals surface area contributed by atoms with E-state index in [0.717, 1.165) is 31.5 Å². The highest BCUT2D eigenvalue weighted by atomic mass is 35.5. The molecule has 168 valence electrons. The fourth-order valence-corrected chi connectivity index (χ4v) is 4.07. The zero-order chi connectivity index (χ0) is 22.7. The largest absolute Gasteiger partial charge is 0.348 e. The lowest BCUT2D eigenvalue weighted by Gasteiger charge is -2.18. The summed E-state index contributed by atoms with van der Waals surface area (Å²) < 4.78 is 17.6. The maximum absolute atomic E-state index is 12.9. The monoisotopic (exact) mass is 458 g/mol. The van der Waals surface area contributed by atoms with Crippen LogP contribution in [-0.4, -0.2) is 53.2 Å². The van der Waals surface area contributed by atoms with Crippen molar-refractivity contribution in [2.75, 3.05) is 26.6 Å². The number of amides is 2. The topological polar surface area (TPSA) is 87.3 Å². The number of nitrogens with one attached hydrogen (secondary N) is 2. The molecule has 2 amide bonds. The number of imidazole rings is 1. The third-order valence-corrected chi connectivity index (χ3v) is 5.81. The van der Waals surface area contributed by atoms with Crippen molar-refractivity contribution in [2.24, 2.45) is 0 Å². The second-order valence-electron chi connectivity index (χ2n) is 7.82. The van der Waals surface area contributed by atoms with Crippen molar-refractivity contribution in [2.45, 2.75) is 25.8 Å². The highest BCUT2D eigenvalue weighted by Gasteiger charge is 2.23. The molecular formula is C23H24ClFN4O3. The van der Waals surface area contributed by atoms with Gasteiger partial charge in [0.25, 0.3) is 11.8 Å². The predicted octanol–water partition coefficient (Wildman–Crippen LogP) is 4.18. The predicted molar refractivity (Wildman–Crippen MR) is 120 cm³/mol. The molecule has 4 rings (SSSR count). The van der Waals surface area contributed by atoms with E-state index in [2.05, 4.69) is 15.3 Å². The number of aromatic amines is 1. The number of hydrogen-bond donors (Lipinski definition) is 2. The summed E-state index contributed by atoms with van der Waals surface area (Å²) >= 11 is 6.03. The number of ether oxygens (including phenoxy) is 1. The van der Waals surface area contributed by atoms with Gasteiger partial charge in [-0.25, -0.2) is 9.37 Å². The lowest BCUT2D eigenvalue weighted by Crippen LogP contribution is -2.32. The first-order valence-electron chi connectivity index (χ1n) is 10.5. The van der Waals surface area contributed by atoms with Crippen LogP contribution in [0.25, 0.3) is 11.0 Å². The van der Waals surface area contributed by atoms with Crippen LogP contribution in [0.1, 0.15) is 51.0 Å². The number of aryl methyl sites for hydroxylation is 1. The second-order valence-corrected chi connectivity index (χ2v) is 8.25. The van der Waals surface area contributed by atoms with Crippen LogP contribution in [0.5, 0.6) is 0 Å². The molecule has 0 radical (unpaired) electrons. The Labute approximate surface area is 189 Å². The molecule has 1 aliphatic rings. The summed E-state index contributed by atoms with van der Waals surface area (Å²) in [6, 6.07) is 9.49. The van der Waals surface area contributed by atoms with Crippen LogP contribution in [0, 0.1) is 6.92 Å². The van der Waals surface area contributed by atoms with Crippen molar-refractivity contribution in [3.8, 4) is 0 Å². The van der Waals surface area contributed by atoms with Gasteiger partial charge in [0.2, 0.25) is 0 Å². The van der Waals surface area contributed by atoms with Gasteiger partial charge in [0.15, 0.2) is 6.86 Å². The smallest absolute Gasteiger partial charge is 0.254 e. The fourth-order valence-electron chi connectivity index (χ4n) is 3.89. The van der Waals surface area contributed by atoms with E-state index in [1.807, 2.05) is 11.8 Å². The summed E-state index contributed by atoms with van der Waals surface area (Å²) in [5, 5.41) is 3.39. The zero-order valence-corrected chi connectivity index (χ0v) is 18.4. The first kappa shape index (κ1) is 22.2. The molecule has 0 aliphatic carbocycles. The van der Waals surface area contributed by atoms with Gasteiger partial charge < -0.3 is 19.9 Å². The SMILES string of the molecule is Cc1cc(C(=O)NC(COCF)c2nc3ccc(Cl)cc3[nH]2)ccc1C(=O)N1CCCC1.